The molecule has 0 unspecified atom stereocenters. The zero-order valence-electron chi connectivity index (χ0n) is 15.9. The van der Waals surface area contributed by atoms with Crippen LogP contribution in [0.1, 0.15) is 13.8 Å². The molecule has 1 aromatic heterocycles. The van der Waals surface area contributed by atoms with Crippen molar-refractivity contribution in [2.45, 2.75) is 13.8 Å². The average Bonchev–Trinajstić information content (AvgIpc) is 2.69. The van der Waals surface area contributed by atoms with E-state index in [1.807, 2.05) is 4.90 Å². The van der Waals surface area contributed by atoms with Gasteiger partial charge in [-0.3, -0.25) is 14.9 Å². The van der Waals surface area contributed by atoms with E-state index in [1.165, 1.54) is 13.3 Å². The summed E-state index contributed by atoms with van der Waals surface area (Å²) in [5.74, 6) is 0.299. The molecule has 0 radical (unpaired) electrons. The highest BCUT2D eigenvalue weighted by Crippen LogP contribution is 2.34. The van der Waals surface area contributed by atoms with Crippen molar-refractivity contribution in [3.05, 3.63) is 40.7 Å². The van der Waals surface area contributed by atoms with Gasteiger partial charge in [0.25, 0.3) is 0 Å². The normalized spacial score (nSPS) is 14.6. The van der Waals surface area contributed by atoms with E-state index in [0.29, 0.717) is 30.3 Å². The molecule has 28 heavy (non-hydrogen) atoms. The van der Waals surface area contributed by atoms with E-state index >= 15 is 0 Å². The molecule has 148 valence electrons. The molecule has 0 aliphatic carbocycles. The van der Waals surface area contributed by atoms with Crippen molar-refractivity contribution < 1.29 is 9.72 Å². The Morgan fingerprint density at radius 1 is 1.14 bits per heavy atom. The minimum Gasteiger partial charge on any atom is -0.348 e. The summed E-state index contributed by atoms with van der Waals surface area (Å²) < 4.78 is 0. The van der Waals surface area contributed by atoms with Crippen LogP contribution >= 0.6 is 0 Å². The van der Waals surface area contributed by atoms with Crippen LogP contribution in [-0.2, 0) is 4.79 Å². The molecule has 1 aliphatic heterocycles. The van der Waals surface area contributed by atoms with Gasteiger partial charge in [-0.05, 0) is 30.8 Å². The van der Waals surface area contributed by atoms with Crippen molar-refractivity contribution >= 4 is 34.6 Å². The van der Waals surface area contributed by atoms with Crippen LogP contribution in [0.5, 0.6) is 0 Å². The summed E-state index contributed by atoms with van der Waals surface area (Å²) in [4.78, 5) is 34.9. The maximum absolute atomic E-state index is 11.8. The largest absolute Gasteiger partial charge is 0.353 e. The molecule has 0 bridgehead atoms. The van der Waals surface area contributed by atoms with Gasteiger partial charge >= 0.3 is 5.69 Å². The van der Waals surface area contributed by atoms with Crippen molar-refractivity contribution in [2.75, 3.05) is 48.3 Å². The van der Waals surface area contributed by atoms with Crippen LogP contribution in [0, 0.1) is 10.1 Å². The molecule has 1 aromatic carbocycles. The lowest BCUT2D eigenvalue weighted by molar-refractivity contribution is -0.383. The van der Waals surface area contributed by atoms with Crippen LogP contribution in [0.15, 0.2) is 30.6 Å². The van der Waals surface area contributed by atoms with Crippen molar-refractivity contribution in [1.82, 2.24) is 14.9 Å². The van der Waals surface area contributed by atoms with E-state index in [9.17, 15) is 14.9 Å². The average molecular weight is 385 g/mol. The van der Waals surface area contributed by atoms with Gasteiger partial charge in [-0.1, -0.05) is 6.92 Å². The Morgan fingerprint density at radius 2 is 1.79 bits per heavy atom. The standard InChI is InChI=1S/C18H23N7O3/c1-3-23-8-10-24(11-9-23)18-16(25(27)28)17(19-12-20-18)22-15-6-4-14(5-7-15)21-13(2)26/h4-7,12H,3,8-11H2,1-2H3,(H,21,26)(H,19,20,22). The number of benzene rings is 1. The molecule has 1 aliphatic rings. The second-order valence-corrected chi connectivity index (χ2v) is 6.46. The number of piperazine rings is 1. The van der Waals surface area contributed by atoms with Crippen molar-refractivity contribution in [2.24, 2.45) is 0 Å². The van der Waals surface area contributed by atoms with Gasteiger partial charge in [0.15, 0.2) is 0 Å². The third kappa shape index (κ3) is 4.52. The summed E-state index contributed by atoms with van der Waals surface area (Å²) in [6.07, 6.45) is 1.34. The predicted octanol–water partition coefficient (Wildman–Crippen LogP) is 2.23. The minimum absolute atomic E-state index is 0.139. The number of nitrogens with one attached hydrogen (secondary N) is 2. The van der Waals surface area contributed by atoms with Gasteiger partial charge in [0.1, 0.15) is 6.33 Å². The smallest absolute Gasteiger partial charge is 0.348 e. The number of carbonyl (C=O) groups excluding carboxylic acids is 1. The van der Waals surface area contributed by atoms with Gasteiger partial charge < -0.3 is 20.4 Å². The molecule has 1 fully saturated rings. The first-order chi connectivity index (χ1) is 13.5. The van der Waals surface area contributed by atoms with Gasteiger partial charge in [0.2, 0.25) is 17.5 Å². The first-order valence-corrected chi connectivity index (χ1v) is 9.09. The number of nitro groups is 1. The van der Waals surface area contributed by atoms with E-state index in [0.717, 1.165) is 19.6 Å². The molecule has 0 spiro atoms. The Hall–Kier alpha value is -3.27. The number of likely N-dealkylation sites (N-methyl/N-ethyl adjacent to an activating group) is 1. The minimum atomic E-state index is -0.449. The first kappa shape index (κ1) is 19.5. The maximum atomic E-state index is 11.8. The molecule has 1 amide bonds. The van der Waals surface area contributed by atoms with Crippen molar-refractivity contribution in [3.8, 4) is 0 Å². The number of anilines is 4. The lowest BCUT2D eigenvalue weighted by atomic mass is 10.2. The van der Waals surface area contributed by atoms with Gasteiger partial charge in [0.05, 0.1) is 4.92 Å². The number of hydrogen-bond donors (Lipinski definition) is 2. The second kappa shape index (κ2) is 8.61. The molecule has 3 rings (SSSR count). The fourth-order valence-corrected chi connectivity index (χ4v) is 3.11. The highest BCUT2D eigenvalue weighted by Gasteiger charge is 2.29. The molecule has 10 nitrogen and oxygen atoms in total. The van der Waals surface area contributed by atoms with Gasteiger partial charge in [-0.2, -0.15) is 0 Å². The van der Waals surface area contributed by atoms with Crippen LogP contribution in [0.4, 0.5) is 28.7 Å². The molecule has 0 atom stereocenters. The quantitative estimate of drug-likeness (QED) is 0.574. The molecule has 1 saturated heterocycles. The summed E-state index contributed by atoms with van der Waals surface area (Å²) >= 11 is 0. The van der Waals surface area contributed by atoms with Crippen LogP contribution < -0.4 is 15.5 Å². The number of rotatable bonds is 6. The Kier molecular flexibility index (Phi) is 5.99. The molecule has 2 aromatic rings. The van der Waals surface area contributed by atoms with E-state index in [1.54, 1.807) is 24.3 Å². The zero-order valence-corrected chi connectivity index (χ0v) is 15.9. The Labute approximate surface area is 162 Å². The van der Waals surface area contributed by atoms with Crippen LogP contribution in [0.25, 0.3) is 0 Å². The van der Waals surface area contributed by atoms with Gasteiger partial charge in [-0.15, -0.1) is 0 Å². The van der Waals surface area contributed by atoms with E-state index < -0.39 is 4.92 Å². The second-order valence-electron chi connectivity index (χ2n) is 6.46. The molecule has 10 heteroatoms. The van der Waals surface area contributed by atoms with E-state index in [-0.39, 0.29) is 17.4 Å². The third-order valence-corrected chi connectivity index (χ3v) is 4.57. The number of aromatic nitrogens is 2. The number of nitrogens with zero attached hydrogens (tertiary/aromatic N) is 5. The monoisotopic (exact) mass is 385 g/mol. The third-order valence-electron chi connectivity index (χ3n) is 4.57. The SMILES string of the molecule is CCN1CCN(c2ncnc(Nc3ccc(NC(C)=O)cc3)c2[N+](=O)[O-])CC1. The lowest BCUT2D eigenvalue weighted by Crippen LogP contribution is -2.46. The molecule has 2 N–H and O–H groups in total. The van der Waals surface area contributed by atoms with Gasteiger partial charge in [-0.25, -0.2) is 9.97 Å². The molecular formula is C18H23N7O3. The molecular weight excluding hydrogens is 362 g/mol. The van der Waals surface area contributed by atoms with Gasteiger partial charge in [0, 0.05) is 44.5 Å². The van der Waals surface area contributed by atoms with E-state index in [4.69, 9.17) is 0 Å². The highest BCUT2D eigenvalue weighted by atomic mass is 16.6. The predicted molar refractivity (Wildman–Crippen MR) is 107 cm³/mol. The topological polar surface area (TPSA) is 117 Å². The Morgan fingerprint density at radius 3 is 2.36 bits per heavy atom. The summed E-state index contributed by atoms with van der Waals surface area (Å²) in [7, 11) is 0. The molecule has 0 saturated carbocycles. The zero-order chi connectivity index (χ0) is 20.1. The lowest BCUT2D eigenvalue weighted by Gasteiger charge is -2.34. The number of carbonyl (C=O) groups is 1. The molecule has 2 heterocycles. The summed E-state index contributed by atoms with van der Waals surface area (Å²) in [5, 5.41) is 17.4. The number of hydrogen-bond acceptors (Lipinski definition) is 8. The van der Waals surface area contributed by atoms with Crippen LogP contribution in [-0.4, -0.2) is 58.4 Å². The maximum Gasteiger partial charge on any atom is 0.353 e. The fraction of sp³-hybridized carbons (Fsp3) is 0.389. The first-order valence-electron chi connectivity index (χ1n) is 9.09. The highest BCUT2D eigenvalue weighted by molar-refractivity contribution is 5.89. The summed E-state index contributed by atoms with van der Waals surface area (Å²) in [6, 6.07) is 6.86. The fourth-order valence-electron chi connectivity index (χ4n) is 3.11. The summed E-state index contributed by atoms with van der Waals surface area (Å²) in [6.45, 7) is 7.52. The number of amides is 1. The van der Waals surface area contributed by atoms with E-state index in [2.05, 4.69) is 32.4 Å². The van der Waals surface area contributed by atoms with Crippen LogP contribution in [0.2, 0.25) is 0 Å². The van der Waals surface area contributed by atoms with Crippen molar-refractivity contribution in [3.63, 3.8) is 0 Å². The van der Waals surface area contributed by atoms with Crippen molar-refractivity contribution in [1.29, 1.82) is 0 Å². The van der Waals surface area contributed by atoms with Crippen LogP contribution in [0.3, 0.4) is 0 Å². The Balaban J connectivity index is 1.83. The summed E-state index contributed by atoms with van der Waals surface area (Å²) in [5.41, 5.74) is 1.13. The Bertz CT molecular complexity index is 849.